The average molecular weight is 394 g/mol. The van der Waals surface area contributed by atoms with Crippen LogP contribution in [0, 0.1) is 0 Å². The summed E-state index contributed by atoms with van der Waals surface area (Å²) in [5, 5.41) is 38.3. The molecule has 0 saturated carbocycles. The molecule has 0 radical (unpaired) electrons. The van der Waals surface area contributed by atoms with E-state index in [1.807, 2.05) is 6.07 Å². The summed E-state index contributed by atoms with van der Waals surface area (Å²) < 4.78 is 0. The molecule has 0 bridgehead atoms. The van der Waals surface area contributed by atoms with E-state index in [0.717, 1.165) is 27.7 Å². The Labute approximate surface area is 157 Å². The Morgan fingerprint density at radius 1 is 0.667 bits per heavy atom. The fraction of sp³-hybridized carbons (Fsp3) is 0.375. The number of para-hydroxylation sites is 1. The van der Waals surface area contributed by atoms with Crippen molar-refractivity contribution in [2.75, 3.05) is 13.1 Å². The van der Waals surface area contributed by atoms with E-state index in [1.165, 1.54) is 0 Å². The molecule has 0 aliphatic heterocycles. The quantitative estimate of drug-likeness (QED) is 0.350. The van der Waals surface area contributed by atoms with Gasteiger partial charge in [0.25, 0.3) is 23.9 Å². The van der Waals surface area contributed by atoms with Crippen molar-refractivity contribution in [1.82, 2.24) is 0 Å². The molecule has 0 aromatic heterocycles. The third-order valence-electron chi connectivity index (χ3n) is 0.923. The van der Waals surface area contributed by atoms with Gasteiger partial charge in [-0.05, 0) is 12.1 Å². The second-order valence-corrected chi connectivity index (χ2v) is 3.99. The Morgan fingerprint density at radius 3 is 0.926 bits per heavy atom. The monoisotopic (exact) mass is 394 g/mol. The van der Waals surface area contributed by atoms with Gasteiger partial charge in [0, 0.05) is 40.8 Å². The molecule has 11 heteroatoms. The molecular weight excluding hydrogens is 364 g/mol. The van der Waals surface area contributed by atoms with Crippen LogP contribution in [-0.4, -0.2) is 62.5 Å². The van der Waals surface area contributed by atoms with E-state index < -0.39 is 23.9 Å². The van der Waals surface area contributed by atoms with Gasteiger partial charge in [0.1, 0.15) is 5.75 Å². The smallest absolute Gasteiger partial charge is 0.300 e. The highest BCUT2D eigenvalue weighted by molar-refractivity contribution is 5.63. The summed E-state index contributed by atoms with van der Waals surface area (Å²) in [4.78, 5) is 36.0. The highest BCUT2D eigenvalue weighted by atomic mass is 16.4. The van der Waals surface area contributed by atoms with E-state index in [-0.39, 0.29) is 0 Å². The number of rotatable bonds is 1. The summed E-state index contributed by atoms with van der Waals surface area (Å²) in [6.07, 6.45) is 0. The van der Waals surface area contributed by atoms with Crippen molar-refractivity contribution in [3.8, 4) is 5.75 Å². The van der Waals surface area contributed by atoms with E-state index in [0.29, 0.717) is 18.8 Å². The van der Waals surface area contributed by atoms with Gasteiger partial charge in [-0.25, -0.2) is 0 Å². The highest BCUT2D eigenvalue weighted by Crippen LogP contribution is 2.02. The summed E-state index contributed by atoms with van der Waals surface area (Å²) >= 11 is 0. The molecule has 0 spiro atoms. The zero-order chi connectivity index (χ0) is 22.8. The highest BCUT2D eigenvalue weighted by Gasteiger charge is 1.74. The van der Waals surface area contributed by atoms with Crippen LogP contribution in [0.4, 0.5) is 0 Å². The lowest BCUT2D eigenvalue weighted by Gasteiger charge is -1.82. The molecule has 0 saturated heterocycles. The summed E-state index contributed by atoms with van der Waals surface area (Å²) in [6.45, 7) is 5.53. The SMILES string of the molecule is CC(=O)O.CC(=O)O.CC(=O)O.CC(=O)O.NCCN.Oc1ccccc1. The molecule has 11 nitrogen and oxygen atoms in total. The number of hydrogen-bond acceptors (Lipinski definition) is 7. The summed E-state index contributed by atoms with van der Waals surface area (Å²) in [6, 6.07) is 8.71. The van der Waals surface area contributed by atoms with E-state index >= 15 is 0 Å². The summed E-state index contributed by atoms with van der Waals surface area (Å²) in [5.74, 6) is -3.01. The number of hydrogen-bond donors (Lipinski definition) is 7. The van der Waals surface area contributed by atoms with Crippen LogP contribution < -0.4 is 11.5 Å². The molecule has 0 unspecified atom stereocenters. The topological polar surface area (TPSA) is 221 Å². The van der Waals surface area contributed by atoms with Crippen LogP contribution in [0.5, 0.6) is 5.75 Å². The fourth-order valence-electron chi connectivity index (χ4n) is 0.428. The first-order chi connectivity index (χ1) is 12.2. The van der Waals surface area contributed by atoms with Crippen molar-refractivity contribution in [3.63, 3.8) is 0 Å². The number of carbonyl (C=O) groups is 4. The average Bonchev–Trinajstić information content (AvgIpc) is 2.46. The van der Waals surface area contributed by atoms with Gasteiger partial charge in [-0.15, -0.1) is 0 Å². The van der Waals surface area contributed by atoms with Crippen molar-refractivity contribution in [1.29, 1.82) is 0 Å². The van der Waals surface area contributed by atoms with Crippen LogP contribution in [0.1, 0.15) is 27.7 Å². The molecule has 1 aromatic rings. The molecule has 0 aliphatic carbocycles. The van der Waals surface area contributed by atoms with Crippen molar-refractivity contribution < 1.29 is 44.7 Å². The molecule has 1 aromatic carbocycles. The summed E-state index contributed by atoms with van der Waals surface area (Å²) in [5.41, 5.74) is 9.81. The van der Waals surface area contributed by atoms with Crippen molar-refractivity contribution in [2.45, 2.75) is 27.7 Å². The van der Waals surface area contributed by atoms with Gasteiger partial charge in [0.2, 0.25) is 0 Å². The predicted molar refractivity (Wildman–Crippen MR) is 99.5 cm³/mol. The minimum absolute atomic E-state index is 0.322. The molecule has 0 fully saturated rings. The molecule has 158 valence electrons. The van der Waals surface area contributed by atoms with Crippen LogP contribution in [-0.2, 0) is 19.2 Å². The van der Waals surface area contributed by atoms with Crippen LogP contribution >= 0.6 is 0 Å². The number of nitrogens with two attached hydrogens (primary N) is 2. The lowest BCUT2D eigenvalue weighted by atomic mass is 10.3. The largest absolute Gasteiger partial charge is 0.508 e. The number of aliphatic carboxylic acids is 4. The molecule has 1 rings (SSSR count). The Hall–Kier alpha value is -3.18. The van der Waals surface area contributed by atoms with Crippen LogP contribution in [0.15, 0.2) is 30.3 Å². The van der Waals surface area contributed by atoms with E-state index in [1.54, 1.807) is 24.3 Å². The minimum atomic E-state index is -0.833. The fourth-order valence-corrected chi connectivity index (χ4v) is 0.428. The lowest BCUT2D eigenvalue weighted by Crippen LogP contribution is -2.11. The van der Waals surface area contributed by atoms with Gasteiger partial charge in [-0.1, -0.05) is 18.2 Å². The molecule has 0 aliphatic rings. The van der Waals surface area contributed by atoms with Crippen molar-refractivity contribution >= 4 is 23.9 Å². The Bertz CT molecular complexity index is 414. The standard InChI is InChI=1S/C6H6O.C2H8N2.4C2H4O2/c7-6-4-2-1-3-5-6;3-1-2-4;4*1-2(3)4/h1-5,7H;1-4H2;4*1H3,(H,3,4). The number of benzene rings is 1. The molecule has 0 amide bonds. The first-order valence-electron chi connectivity index (χ1n) is 7.16. The van der Waals surface area contributed by atoms with Gasteiger partial charge >= 0.3 is 0 Å². The zero-order valence-corrected chi connectivity index (χ0v) is 15.8. The number of carboxylic acids is 4. The van der Waals surface area contributed by atoms with E-state index in [2.05, 4.69) is 0 Å². The molecule has 9 N–H and O–H groups in total. The zero-order valence-electron chi connectivity index (χ0n) is 15.8. The van der Waals surface area contributed by atoms with E-state index in [9.17, 15) is 0 Å². The van der Waals surface area contributed by atoms with Gasteiger partial charge in [0.15, 0.2) is 0 Å². The number of aromatic hydroxyl groups is 1. The number of carboxylic acid groups (broad SMARTS) is 4. The van der Waals surface area contributed by atoms with Gasteiger partial charge in [-0.3, -0.25) is 19.2 Å². The summed E-state index contributed by atoms with van der Waals surface area (Å²) in [7, 11) is 0. The van der Waals surface area contributed by atoms with Crippen molar-refractivity contribution in [2.24, 2.45) is 11.5 Å². The number of phenols is 1. The Morgan fingerprint density at radius 2 is 0.852 bits per heavy atom. The van der Waals surface area contributed by atoms with Crippen molar-refractivity contribution in [3.05, 3.63) is 30.3 Å². The van der Waals surface area contributed by atoms with Gasteiger partial charge in [0.05, 0.1) is 0 Å². The van der Waals surface area contributed by atoms with E-state index in [4.69, 9.17) is 56.2 Å². The lowest BCUT2D eigenvalue weighted by molar-refractivity contribution is -0.135. The second kappa shape index (κ2) is 30.7. The molecule has 0 heterocycles. The predicted octanol–water partition coefficient (Wildman–Crippen LogP) is 0.660. The Balaban J connectivity index is -0.0000000735. The maximum Gasteiger partial charge on any atom is 0.300 e. The third-order valence-corrected chi connectivity index (χ3v) is 0.923. The molecule has 0 atom stereocenters. The minimum Gasteiger partial charge on any atom is -0.508 e. The van der Waals surface area contributed by atoms with Gasteiger partial charge in [-0.2, -0.15) is 0 Å². The van der Waals surface area contributed by atoms with Crippen LogP contribution in [0.2, 0.25) is 0 Å². The normalized spacial score (nSPS) is 7.04. The second-order valence-electron chi connectivity index (χ2n) is 3.99. The maximum atomic E-state index is 9.00. The molecular formula is C16H30N2O9. The third kappa shape index (κ3) is 292. The molecule has 27 heavy (non-hydrogen) atoms. The number of phenolic OH excluding ortho intramolecular Hbond substituents is 1. The Kier molecular flexibility index (Phi) is 39.8. The van der Waals surface area contributed by atoms with Crippen LogP contribution in [0.3, 0.4) is 0 Å². The first-order valence-corrected chi connectivity index (χ1v) is 7.16. The van der Waals surface area contributed by atoms with Gasteiger partial charge < -0.3 is 37.0 Å². The van der Waals surface area contributed by atoms with Crippen LogP contribution in [0.25, 0.3) is 0 Å². The maximum absolute atomic E-state index is 9.00. The first kappa shape index (κ1) is 35.0.